The van der Waals surface area contributed by atoms with Crippen LogP contribution in [-0.4, -0.2) is 87.6 Å². The number of imide groups is 1. The van der Waals surface area contributed by atoms with Crippen LogP contribution in [0, 0.1) is 5.92 Å². The van der Waals surface area contributed by atoms with Gasteiger partial charge in [-0.05, 0) is 0 Å². The van der Waals surface area contributed by atoms with Crippen molar-refractivity contribution >= 4 is 35.5 Å². The molecular weight excluding hydrogens is 394 g/mol. The van der Waals surface area contributed by atoms with Gasteiger partial charge in [0.25, 0.3) is 11.8 Å². The SMILES string of the molecule is COCCOCCSC[C@H](CC(=O)OCCOC)C(=O)ON1C(=O)CCC1=O. The normalized spacial score (nSPS) is 15.0. The van der Waals surface area contributed by atoms with Gasteiger partial charge in [-0.25, -0.2) is 4.79 Å². The minimum absolute atomic E-state index is 0.00338. The topological polar surface area (TPSA) is 118 Å². The number of ether oxygens (including phenoxy) is 4. The van der Waals surface area contributed by atoms with Crippen LogP contribution in [0.3, 0.4) is 0 Å². The standard InChI is InChI=1S/C17H27NO9S/c1-23-5-7-25-9-10-28-12-13(11-16(21)26-8-6-24-2)17(22)27-18-14(19)3-4-15(18)20/h13H,3-12H2,1-2H3/t13-/m0/s1. The Hall–Kier alpha value is -1.69. The smallest absolute Gasteiger partial charge is 0.337 e. The number of methoxy groups -OCH3 is 2. The van der Waals surface area contributed by atoms with Gasteiger partial charge in [0, 0.05) is 38.6 Å². The molecule has 0 spiro atoms. The summed E-state index contributed by atoms with van der Waals surface area (Å²) in [6.45, 7) is 1.72. The van der Waals surface area contributed by atoms with E-state index in [-0.39, 0.29) is 38.2 Å². The van der Waals surface area contributed by atoms with E-state index in [1.165, 1.54) is 18.9 Å². The highest BCUT2D eigenvalue weighted by Crippen LogP contribution is 2.19. The monoisotopic (exact) mass is 421 g/mol. The third kappa shape index (κ3) is 9.49. The quantitative estimate of drug-likeness (QED) is 0.206. The number of hydrogen-bond acceptors (Lipinski definition) is 10. The predicted molar refractivity (Wildman–Crippen MR) is 98.1 cm³/mol. The first-order chi connectivity index (χ1) is 13.5. The van der Waals surface area contributed by atoms with Gasteiger partial charge in [0.15, 0.2) is 0 Å². The maximum absolute atomic E-state index is 12.4. The number of hydrogen-bond donors (Lipinski definition) is 0. The van der Waals surface area contributed by atoms with Crippen molar-refractivity contribution in [3.63, 3.8) is 0 Å². The van der Waals surface area contributed by atoms with E-state index >= 15 is 0 Å². The molecule has 0 saturated carbocycles. The van der Waals surface area contributed by atoms with Crippen LogP contribution in [0.2, 0.25) is 0 Å². The van der Waals surface area contributed by atoms with Gasteiger partial charge in [0.1, 0.15) is 6.61 Å². The molecule has 0 radical (unpaired) electrons. The molecular formula is C17H27NO9S. The van der Waals surface area contributed by atoms with Crippen molar-refractivity contribution in [1.29, 1.82) is 0 Å². The van der Waals surface area contributed by atoms with E-state index < -0.39 is 29.7 Å². The van der Waals surface area contributed by atoms with Crippen LogP contribution in [0.5, 0.6) is 0 Å². The van der Waals surface area contributed by atoms with E-state index in [9.17, 15) is 19.2 Å². The molecule has 0 aromatic heterocycles. The lowest BCUT2D eigenvalue weighted by Crippen LogP contribution is -2.36. The van der Waals surface area contributed by atoms with Gasteiger partial charge in [-0.1, -0.05) is 0 Å². The molecule has 2 amide bonds. The summed E-state index contributed by atoms with van der Waals surface area (Å²) >= 11 is 1.39. The lowest BCUT2D eigenvalue weighted by atomic mass is 10.1. The maximum atomic E-state index is 12.4. The molecule has 1 rings (SSSR count). The lowest BCUT2D eigenvalue weighted by molar-refractivity contribution is -0.200. The number of thioether (sulfide) groups is 1. The summed E-state index contributed by atoms with van der Waals surface area (Å²) in [6.07, 6.45) is -0.219. The highest BCUT2D eigenvalue weighted by atomic mass is 32.2. The molecule has 1 aliphatic rings. The second kappa shape index (κ2) is 14.3. The minimum atomic E-state index is -0.861. The van der Waals surface area contributed by atoms with E-state index in [1.54, 1.807) is 7.11 Å². The molecule has 10 nitrogen and oxygen atoms in total. The second-order valence-corrected chi connectivity index (χ2v) is 6.94. The Balaban J connectivity index is 2.50. The van der Waals surface area contributed by atoms with E-state index in [1.807, 2.05) is 0 Å². The summed E-state index contributed by atoms with van der Waals surface area (Å²) in [4.78, 5) is 52.5. The first-order valence-electron chi connectivity index (χ1n) is 8.86. The molecule has 0 aromatic carbocycles. The van der Waals surface area contributed by atoms with Gasteiger partial charge in [0.05, 0.1) is 38.8 Å². The molecule has 0 unspecified atom stereocenters. The Morgan fingerprint density at radius 1 is 1.00 bits per heavy atom. The third-order valence-electron chi connectivity index (χ3n) is 3.61. The van der Waals surface area contributed by atoms with Gasteiger partial charge in [-0.2, -0.15) is 11.8 Å². The minimum Gasteiger partial charge on any atom is -0.463 e. The van der Waals surface area contributed by atoms with Crippen molar-refractivity contribution < 1.29 is 43.0 Å². The van der Waals surface area contributed by atoms with Crippen LogP contribution in [0.1, 0.15) is 19.3 Å². The average molecular weight is 421 g/mol. The van der Waals surface area contributed by atoms with Gasteiger partial charge in [-0.15, -0.1) is 5.06 Å². The highest BCUT2D eigenvalue weighted by Gasteiger charge is 2.35. The molecule has 1 fully saturated rings. The Morgan fingerprint density at radius 2 is 1.64 bits per heavy atom. The molecule has 28 heavy (non-hydrogen) atoms. The summed E-state index contributed by atoms with van der Waals surface area (Å²) in [5, 5.41) is 0.476. The number of amides is 2. The zero-order valence-electron chi connectivity index (χ0n) is 16.2. The lowest BCUT2D eigenvalue weighted by Gasteiger charge is -2.18. The van der Waals surface area contributed by atoms with Crippen molar-refractivity contribution in [2.75, 3.05) is 58.8 Å². The fourth-order valence-corrected chi connectivity index (χ4v) is 3.06. The summed E-state index contributed by atoms with van der Waals surface area (Å²) in [5.41, 5.74) is 0. The van der Waals surface area contributed by atoms with Gasteiger partial charge in [-0.3, -0.25) is 14.4 Å². The summed E-state index contributed by atoms with van der Waals surface area (Å²) < 4.78 is 20.0. The molecule has 1 heterocycles. The largest absolute Gasteiger partial charge is 0.463 e. The molecule has 160 valence electrons. The van der Waals surface area contributed by atoms with Crippen LogP contribution in [0.25, 0.3) is 0 Å². The van der Waals surface area contributed by atoms with Crippen LogP contribution in [-0.2, 0) is 43.0 Å². The van der Waals surface area contributed by atoms with E-state index in [4.69, 9.17) is 23.8 Å². The molecule has 1 saturated heterocycles. The highest BCUT2D eigenvalue weighted by molar-refractivity contribution is 7.99. The molecule has 11 heteroatoms. The molecule has 0 aromatic rings. The molecule has 1 aliphatic heterocycles. The Bertz CT molecular complexity index is 513. The molecule has 0 N–H and O–H groups in total. The first kappa shape index (κ1) is 24.3. The predicted octanol–water partition coefficient (Wildman–Crippen LogP) is 0.186. The Morgan fingerprint density at radius 3 is 2.29 bits per heavy atom. The van der Waals surface area contributed by atoms with Crippen molar-refractivity contribution in [1.82, 2.24) is 5.06 Å². The summed E-state index contributed by atoms with van der Waals surface area (Å²) in [6, 6.07) is 0. The fraction of sp³-hybridized carbons (Fsp3) is 0.765. The van der Waals surface area contributed by atoms with Crippen molar-refractivity contribution in [2.45, 2.75) is 19.3 Å². The number of esters is 1. The van der Waals surface area contributed by atoms with Gasteiger partial charge in [0.2, 0.25) is 0 Å². The van der Waals surface area contributed by atoms with Crippen molar-refractivity contribution in [3.05, 3.63) is 0 Å². The zero-order chi connectivity index (χ0) is 20.8. The number of rotatable bonds is 15. The van der Waals surface area contributed by atoms with Crippen molar-refractivity contribution in [3.8, 4) is 0 Å². The molecule has 0 bridgehead atoms. The van der Waals surface area contributed by atoms with E-state index in [2.05, 4.69) is 0 Å². The molecule has 0 aliphatic carbocycles. The number of nitrogens with zero attached hydrogens (tertiary/aromatic N) is 1. The fourth-order valence-electron chi connectivity index (χ4n) is 2.12. The van der Waals surface area contributed by atoms with E-state index in [0.29, 0.717) is 30.6 Å². The van der Waals surface area contributed by atoms with Gasteiger partial charge >= 0.3 is 11.9 Å². The maximum Gasteiger partial charge on any atom is 0.337 e. The summed E-state index contributed by atoms with van der Waals surface area (Å²) in [7, 11) is 3.05. The number of hydroxylamine groups is 2. The van der Waals surface area contributed by atoms with Crippen LogP contribution < -0.4 is 0 Å². The van der Waals surface area contributed by atoms with Crippen LogP contribution in [0.4, 0.5) is 0 Å². The summed E-state index contributed by atoms with van der Waals surface area (Å²) in [5.74, 6) is -2.57. The third-order valence-corrected chi connectivity index (χ3v) is 4.70. The first-order valence-corrected chi connectivity index (χ1v) is 10.0. The second-order valence-electron chi connectivity index (χ2n) is 5.79. The van der Waals surface area contributed by atoms with Crippen LogP contribution in [0.15, 0.2) is 0 Å². The average Bonchev–Trinajstić information content (AvgIpc) is 2.98. The van der Waals surface area contributed by atoms with Crippen molar-refractivity contribution in [2.24, 2.45) is 5.92 Å². The molecule has 1 atom stereocenters. The van der Waals surface area contributed by atoms with Gasteiger partial charge < -0.3 is 23.8 Å². The Labute approximate surface area is 168 Å². The number of carbonyl (C=O) groups is 4. The Kier molecular flexibility index (Phi) is 12.5. The zero-order valence-corrected chi connectivity index (χ0v) is 17.0. The van der Waals surface area contributed by atoms with Crippen LogP contribution >= 0.6 is 11.8 Å². The van der Waals surface area contributed by atoms with E-state index in [0.717, 1.165) is 0 Å². The number of carbonyl (C=O) groups excluding carboxylic acids is 4.